The molecule has 0 atom stereocenters. The summed E-state index contributed by atoms with van der Waals surface area (Å²) >= 11 is 0. The van der Waals surface area contributed by atoms with E-state index in [1.54, 1.807) is 14.2 Å². The second kappa shape index (κ2) is 8.09. The van der Waals surface area contributed by atoms with Gasteiger partial charge in [-0.3, -0.25) is 0 Å². The first-order valence-electron chi connectivity index (χ1n) is 8.42. The van der Waals surface area contributed by atoms with Crippen LogP contribution in [0.1, 0.15) is 37.8 Å². The van der Waals surface area contributed by atoms with E-state index in [-0.39, 0.29) is 6.03 Å². The third-order valence-electron chi connectivity index (χ3n) is 4.25. The first kappa shape index (κ1) is 17.4. The fraction of sp³-hybridized carbons (Fsp3) is 0.611. The third kappa shape index (κ3) is 3.89. The number of ether oxygens (including phenoxy) is 2. The summed E-state index contributed by atoms with van der Waals surface area (Å²) in [6, 6.07) is 4.18. The monoisotopic (exact) mass is 320 g/mol. The van der Waals surface area contributed by atoms with E-state index < -0.39 is 0 Å². The molecule has 0 fully saturated rings. The minimum absolute atomic E-state index is 0.147. The lowest BCUT2D eigenvalue weighted by atomic mass is 9.99. The van der Waals surface area contributed by atoms with Crippen molar-refractivity contribution in [3.05, 3.63) is 23.3 Å². The fourth-order valence-corrected chi connectivity index (χ4v) is 3.09. The Morgan fingerprint density at radius 2 is 1.65 bits per heavy atom. The molecule has 1 aliphatic rings. The van der Waals surface area contributed by atoms with Crippen LogP contribution in [0.4, 0.5) is 4.79 Å². The number of hydrogen-bond acceptors (Lipinski definition) is 3. The number of nitrogens with zero attached hydrogens (tertiary/aromatic N) is 2. The Morgan fingerprint density at radius 1 is 1.09 bits per heavy atom. The molecule has 5 heteroatoms. The summed E-state index contributed by atoms with van der Waals surface area (Å²) in [5.74, 6) is 1.48. The quantitative estimate of drug-likeness (QED) is 0.807. The zero-order valence-electron chi connectivity index (χ0n) is 14.7. The van der Waals surface area contributed by atoms with Crippen LogP contribution in [0.25, 0.3) is 0 Å². The maximum atomic E-state index is 12.8. The smallest absolute Gasteiger partial charge is 0.320 e. The highest BCUT2D eigenvalue weighted by molar-refractivity contribution is 5.75. The minimum Gasteiger partial charge on any atom is -0.493 e. The average Bonchev–Trinajstić information content (AvgIpc) is 2.59. The average molecular weight is 320 g/mol. The summed E-state index contributed by atoms with van der Waals surface area (Å²) in [6.07, 6.45) is 2.83. The highest BCUT2D eigenvalue weighted by Gasteiger charge is 2.25. The van der Waals surface area contributed by atoms with Gasteiger partial charge in [-0.05, 0) is 42.5 Å². The molecular formula is C18H28N2O3. The van der Waals surface area contributed by atoms with Crippen molar-refractivity contribution in [1.29, 1.82) is 0 Å². The Morgan fingerprint density at radius 3 is 2.17 bits per heavy atom. The fourth-order valence-electron chi connectivity index (χ4n) is 3.09. The summed E-state index contributed by atoms with van der Waals surface area (Å²) in [7, 11) is 3.29. The molecule has 1 aromatic carbocycles. The van der Waals surface area contributed by atoms with E-state index in [9.17, 15) is 4.79 Å². The molecule has 1 heterocycles. The maximum absolute atomic E-state index is 12.8. The van der Waals surface area contributed by atoms with E-state index >= 15 is 0 Å². The molecule has 2 amide bonds. The summed E-state index contributed by atoms with van der Waals surface area (Å²) in [4.78, 5) is 16.7. The van der Waals surface area contributed by atoms with Gasteiger partial charge in [-0.25, -0.2) is 4.79 Å². The molecule has 2 rings (SSSR count). The number of benzene rings is 1. The van der Waals surface area contributed by atoms with Gasteiger partial charge in [0.2, 0.25) is 0 Å². The molecule has 0 saturated carbocycles. The van der Waals surface area contributed by atoms with Crippen LogP contribution in [0.3, 0.4) is 0 Å². The zero-order chi connectivity index (χ0) is 16.8. The number of fused-ring (bicyclic) bond motifs is 1. The predicted molar refractivity (Wildman–Crippen MR) is 91.2 cm³/mol. The summed E-state index contributed by atoms with van der Waals surface area (Å²) in [5.41, 5.74) is 2.39. The van der Waals surface area contributed by atoms with Gasteiger partial charge in [-0.15, -0.1) is 0 Å². The van der Waals surface area contributed by atoms with Gasteiger partial charge < -0.3 is 19.3 Å². The topological polar surface area (TPSA) is 42.0 Å². The maximum Gasteiger partial charge on any atom is 0.320 e. The Balaban J connectivity index is 2.17. The predicted octanol–water partition coefficient (Wildman–Crippen LogP) is 3.30. The number of carbonyl (C=O) groups excluding carboxylic acids is 1. The van der Waals surface area contributed by atoms with Crippen LogP contribution in [-0.4, -0.2) is 49.7 Å². The van der Waals surface area contributed by atoms with Gasteiger partial charge in [0.15, 0.2) is 11.5 Å². The minimum atomic E-state index is 0.147. The molecule has 0 unspecified atom stereocenters. The molecule has 1 aliphatic heterocycles. The van der Waals surface area contributed by atoms with E-state index in [0.717, 1.165) is 56.0 Å². The van der Waals surface area contributed by atoms with Gasteiger partial charge in [0.05, 0.1) is 14.2 Å². The zero-order valence-corrected chi connectivity index (χ0v) is 14.7. The standard InChI is InChI=1S/C18H28N2O3/c1-5-8-19(9-6-2)18(21)20-10-7-14-11-16(22-3)17(23-4)12-15(14)13-20/h11-12H,5-10,13H2,1-4H3. The first-order chi connectivity index (χ1) is 11.1. The van der Waals surface area contributed by atoms with Gasteiger partial charge in [0.1, 0.15) is 0 Å². The second-order valence-electron chi connectivity index (χ2n) is 5.92. The van der Waals surface area contributed by atoms with Crippen LogP contribution in [0.15, 0.2) is 12.1 Å². The Hall–Kier alpha value is -1.91. The lowest BCUT2D eigenvalue weighted by Gasteiger charge is -2.34. The van der Waals surface area contributed by atoms with Gasteiger partial charge in [-0.2, -0.15) is 0 Å². The number of hydrogen-bond donors (Lipinski definition) is 0. The van der Waals surface area contributed by atoms with E-state index in [2.05, 4.69) is 13.8 Å². The van der Waals surface area contributed by atoms with Gasteiger partial charge >= 0.3 is 6.03 Å². The van der Waals surface area contributed by atoms with Crippen molar-refractivity contribution in [3.8, 4) is 11.5 Å². The van der Waals surface area contributed by atoms with Gasteiger partial charge in [0.25, 0.3) is 0 Å². The molecule has 0 aliphatic carbocycles. The summed E-state index contributed by atoms with van der Waals surface area (Å²) in [5, 5.41) is 0. The molecule has 128 valence electrons. The molecule has 0 radical (unpaired) electrons. The molecule has 0 saturated heterocycles. The number of rotatable bonds is 6. The van der Waals surface area contributed by atoms with E-state index in [1.165, 1.54) is 5.56 Å². The van der Waals surface area contributed by atoms with Crippen molar-refractivity contribution in [1.82, 2.24) is 9.80 Å². The third-order valence-corrected chi connectivity index (χ3v) is 4.25. The van der Waals surface area contributed by atoms with Crippen LogP contribution in [0.5, 0.6) is 11.5 Å². The Kier molecular flexibility index (Phi) is 6.13. The number of methoxy groups -OCH3 is 2. The molecule has 23 heavy (non-hydrogen) atoms. The molecule has 5 nitrogen and oxygen atoms in total. The van der Waals surface area contributed by atoms with E-state index in [1.807, 2.05) is 21.9 Å². The summed E-state index contributed by atoms with van der Waals surface area (Å²) < 4.78 is 10.7. The van der Waals surface area contributed by atoms with Crippen molar-refractivity contribution in [2.75, 3.05) is 33.9 Å². The van der Waals surface area contributed by atoms with Crippen molar-refractivity contribution in [2.24, 2.45) is 0 Å². The van der Waals surface area contributed by atoms with Crippen molar-refractivity contribution < 1.29 is 14.3 Å². The number of amides is 2. The van der Waals surface area contributed by atoms with Crippen LogP contribution < -0.4 is 9.47 Å². The first-order valence-corrected chi connectivity index (χ1v) is 8.42. The van der Waals surface area contributed by atoms with E-state index in [4.69, 9.17) is 9.47 Å². The molecule has 0 spiro atoms. The molecule has 0 N–H and O–H groups in total. The van der Waals surface area contributed by atoms with Gasteiger partial charge in [-0.1, -0.05) is 13.8 Å². The van der Waals surface area contributed by atoms with E-state index in [0.29, 0.717) is 6.54 Å². The van der Waals surface area contributed by atoms with Crippen molar-refractivity contribution >= 4 is 6.03 Å². The largest absolute Gasteiger partial charge is 0.493 e. The molecule has 0 aromatic heterocycles. The van der Waals surface area contributed by atoms with Crippen molar-refractivity contribution in [3.63, 3.8) is 0 Å². The van der Waals surface area contributed by atoms with Crippen molar-refractivity contribution in [2.45, 2.75) is 39.7 Å². The Bertz CT molecular complexity index is 539. The SMILES string of the molecule is CCCN(CCC)C(=O)N1CCc2cc(OC)c(OC)cc2C1. The number of urea groups is 1. The number of carbonyl (C=O) groups is 1. The summed E-state index contributed by atoms with van der Waals surface area (Å²) in [6.45, 7) is 7.25. The molecule has 0 bridgehead atoms. The Labute approximate surface area is 139 Å². The lowest BCUT2D eigenvalue weighted by molar-refractivity contribution is 0.147. The van der Waals surface area contributed by atoms with Crippen LogP contribution in [-0.2, 0) is 13.0 Å². The molecule has 1 aromatic rings. The highest BCUT2D eigenvalue weighted by Crippen LogP contribution is 2.33. The lowest BCUT2D eigenvalue weighted by Crippen LogP contribution is -2.45. The van der Waals surface area contributed by atoms with Crippen LogP contribution in [0.2, 0.25) is 0 Å². The normalized spacial score (nSPS) is 13.5. The van der Waals surface area contributed by atoms with Gasteiger partial charge in [0, 0.05) is 26.2 Å². The van der Waals surface area contributed by atoms with Crippen LogP contribution >= 0.6 is 0 Å². The molecular weight excluding hydrogens is 292 g/mol. The second-order valence-corrected chi connectivity index (χ2v) is 5.92. The van der Waals surface area contributed by atoms with Crippen LogP contribution in [0, 0.1) is 0 Å². The highest BCUT2D eigenvalue weighted by atomic mass is 16.5.